The SMILES string of the molecule is CC[C@@H](C(=O)NC1CCCCC1)N(Cc1ccc(C)cc1)C(=O)CN(c1cc(C)ccc1OC)S(=O)(=O)c1ccccc1. The first-order chi connectivity index (χ1) is 20.6. The van der Waals surface area contributed by atoms with Crippen molar-refractivity contribution in [3.8, 4) is 5.75 Å². The summed E-state index contributed by atoms with van der Waals surface area (Å²) in [6.07, 6.45) is 5.52. The number of rotatable bonds is 12. The van der Waals surface area contributed by atoms with Crippen LogP contribution < -0.4 is 14.4 Å². The Morgan fingerprint density at radius 1 is 0.930 bits per heavy atom. The lowest BCUT2D eigenvalue weighted by molar-refractivity contribution is -0.140. The maximum atomic E-state index is 14.4. The number of carbonyl (C=O) groups excluding carboxylic acids is 2. The van der Waals surface area contributed by atoms with E-state index in [0.29, 0.717) is 12.2 Å². The van der Waals surface area contributed by atoms with Gasteiger partial charge < -0.3 is 15.0 Å². The van der Waals surface area contributed by atoms with Crippen LogP contribution in [0, 0.1) is 13.8 Å². The van der Waals surface area contributed by atoms with E-state index in [1.54, 1.807) is 30.3 Å². The second-order valence-electron chi connectivity index (χ2n) is 11.3. The second-order valence-corrected chi connectivity index (χ2v) is 13.1. The van der Waals surface area contributed by atoms with Crippen LogP contribution in [0.3, 0.4) is 0 Å². The summed E-state index contributed by atoms with van der Waals surface area (Å²) in [5.41, 5.74) is 3.00. The maximum Gasteiger partial charge on any atom is 0.264 e. The summed E-state index contributed by atoms with van der Waals surface area (Å²) in [6, 6.07) is 20.4. The molecule has 1 fully saturated rings. The summed E-state index contributed by atoms with van der Waals surface area (Å²) in [5.74, 6) is -0.361. The van der Waals surface area contributed by atoms with Crippen molar-refractivity contribution in [2.45, 2.75) is 82.8 Å². The molecule has 0 aromatic heterocycles. The molecule has 0 bridgehead atoms. The van der Waals surface area contributed by atoms with E-state index in [4.69, 9.17) is 4.74 Å². The maximum absolute atomic E-state index is 14.4. The molecule has 0 aliphatic heterocycles. The van der Waals surface area contributed by atoms with Crippen LogP contribution in [0.5, 0.6) is 5.75 Å². The molecule has 8 nitrogen and oxygen atoms in total. The Morgan fingerprint density at radius 2 is 1.58 bits per heavy atom. The minimum Gasteiger partial charge on any atom is -0.495 e. The average Bonchev–Trinajstić information content (AvgIpc) is 3.01. The molecule has 230 valence electrons. The van der Waals surface area contributed by atoms with Crippen molar-refractivity contribution in [1.29, 1.82) is 0 Å². The topological polar surface area (TPSA) is 96.0 Å². The van der Waals surface area contributed by atoms with Crippen LogP contribution >= 0.6 is 0 Å². The average molecular weight is 606 g/mol. The molecule has 1 atom stereocenters. The summed E-state index contributed by atoms with van der Waals surface area (Å²) >= 11 is 0. The van der Waals surface area contributed by atoms with Gasteiger partial charge in [0.15, 0.2) is 0 Å². The third-order valence-corrected chi connectivity index (χ3v) is 9.80. The molecule has 0 radical (unpaired) electrons. The number of benzene rings is 3. The van der Waals surface area contributed by atoms with Crippen LogP contribution in [0.25, 0.3) is 0 Å². The van der Waals surface area contributed by atoms with E-state index in [2.05, 4.69) is 5.32 Å². The number of aryl methyl sites for hydroxylation is 2. The third-order valence-electron chi connectivity index (χ3n) is 8.02. The van der Waals surface area contributed by atoms with Crippen molar-refractivity contribution in [3.05, 3.63) is 89.5 Å². The van der Waals surface area contributed by atoms with Gasteiger partial charge in [0.1, 0.15) is 18.3 Å². The molecule has 43 heavy (non-hydrogen) atoms. The van der Waals surface area contributed by atoms with Gasteiger partial charge in [-0.15, -0.1) is 0 Å². The summed E-state index contributed by atoms with van der Waals surface area (Å²) in [5, 5.41) is 3.18. The summed E-state index contributed by atoms with van der Waals surface area (Å²) in [6.45, 7) is 5.38. The van der Waals surface area contributed by atoms with Crippen LogP contribution in [0.15, 0.2) is 77.7 Å². The minimum absolute atomic E-state index is 0.0542. The first-order valence-electron chi connectivity index (χ1n) is 15.0. The monoisotopic (exact) mass is 605 g/mol. The van der Waals surface area contributed by atoms with Gasteiger partial charge in [-0.05, 0) is 68.5 Å². The number of nitrogens with one attached hydrogen (secondary N) is 1. The highest BCUT2D eigenvalue weighted by Crippen LogP contribution is 2.34. The number of methoxy groups -OCH3 is 1. The number of amides is 2. The molecule has 3 aromatic rings. The van der Waals surface area contributed by atoms with Gasteiger partial charge in [-0.25, -0.2) is 8.42 Å². The highest BCUT2D eigenvalue weighted by Gasteiger charge is 2.35. The zero-order valence-electron chi connectivity index (χ0n) is 25.6. The number of hydrogen-bond acceptors (Lipinski definition) is 5. The van der Waals surface area contributed by atoms with Gasteiger partial charge >= 0.3 is 0 Å². The first kappa shape index (κ1) is 32.1. The Kier molecular flexibility index (Phi) is 10.9. The van der Waals surface area contributed by atoms with Crippen LogP contribution in [0.4, 0.5) is 5.69 Å². The summed E-state index contributed by atoms with van der Waals surface area (Å²) < 4.78 is 34.9. The number of hydrogen-bond donors (Lipinski definition) is 1. The smallest absolute Gasteiger partial charge is 0.264 e. The minimum atomic E-state index is -4.18. The van der Waals surface area contributed by atoms with E-state index in [1.165, 1.54) is 24.1 Å². The Labute approximate surface area is 256 Å². The molecule has 1 saturated carbocycles. The number of nitrogens with zero attached hydrogens (tertiary/aromatic N) is 2. The second kappa shape index (κ2) is 14.6. The third kappa shape index (κ3) is 7.96. The van der Waals surface area contributed by atoms with Crippen LogP contribution in [-0.4, -0.2) is 50.9 Å². The van der Waals surface area contributed by atoms with E-state index in [9.17, 15) is 18.0 Å². The van der Waals surface area contributed by atoms with Gasteiger partial charge in [0.25, 0.3) is 10.0 Å². The van der Waals surface area contributed by atoms with E-state index in [-0.39, 0.29) is 29.1 Å². The molecule has 9 heteroatoms. The zero-order chi connectivity index (χ0) is 31.0. The Bertz CT molecular complexity index is 1490. The normalized spacial score (nSPS) is 14.5. The van der Waals surface area contributed by atoms with Crippen molar-refractivity contribution in [3.63, 3.8) is 0 Å². The largest absolute Gasteiger partial charge is 0.495 e. The predicted molar refractivity (Wildman–Crippen MR) is 170 cm³/mol. The Morgan fingerprint density at radius 3 is 2.21 bits per heavy atom. The van der Waals surface area contributed by atoms with E-state index < -0.39 is 28.5 Å². The molecule has 4 rings (SSSR count). The van der Waals surface area contributed by atoms with Crippen molar-refractivity contribution < 1.29 is 22.7 Å². The lowest BCUT2D eigenvalue weighted by Crippen LogP contribution is -2.54. The molecule has 1 N–H and O–H groups in total. The Hall–Kier alpha value is -3.85. The van der Waals surface area contributed by atoms with Gasteiger partial charge in [0, 0.05) is 12.6 Å². The number of carbonyl (C=O) groups is 2. The first-order valence-corrected chi connectivity index (χ1v) is 16.5. The van der Waals surface area contributed by atoms with Crippen LogP contribution in [0.2, 0.25) is 0 Å². The van der Waals surface area contributed by atoms with Crippen LogP contribution in [0.1, 0.15) is 62.1 Å². The fourth-order valence-electron chi connectivity index (χ4n) is 5.58. The quantitative estimate of drug-likeness (QED) is 0.283. The molecule has 2 amide bonds. The van der Waals surface area contributed by atoms with E-state index in [0.717, 1.165) is 53.1 Å². The van der Waals surface area contributed by atoms with Crippen molar-refractivity contribution in [2.24, 2.45) is 0 Å². The Balaban J connectivity index is 1.74. The highest BCUT2D eigenvalue weighted by molar-refractivity contribution is 7.92. The summed E-state index contributed by atoms with van der Waals surface area (Å²) in [4.78, 5) is 29.6. The zero-order valence-corrected chi connectivity index (χ0v) is 26.4. The predicted octanol–water partition coefficient (Wildman–Crippen LogP) is 5.76. The van der Waals surface area contributed by atoms with E-state index >= 15 is 0 Å². The number of ether oxygens (including phenoxy) is 1. The van der Waals surface area contributed by atoms with Gasteiger partial charge in [-0.3, -0.25) is 13.9 Å². The molecule has 0 spiro atoms. The van der Waals surface area contributed by atoms with Gasteiger partial charge in [0.2, 0.25) is 11.8 Å². The molecular formula is C34H43N3O5S. The highest BCUT2D eigenvalue weighted by atomic mass is 32.2. The molecule has 0 saturated heterocycles. The number of sulfonamides is 1. The fourth-order valence-corrected chi connectivity index (χ4v) is 7.02. The molecular weight excluding hydrogens is 562 g/mol. The van der Waals surface area contributed by atoms with E-state index in [1.807, 2.05) is 51.1 Å². The standard InChI is InChI=1S/C34H43N3O5S/c1-5-30(34(39)35-28-12-8-6-9-13-28)36(23-27-19-16-25(2)17-20-27)33(38)24-37(31-22-26(3)18-21-32(31)42-4)43(40,41)29-14-10-7-11-15-29/h7,10-11,14-22,28,30H,5-6,8-9,12-13,23-24H2,1-4H3,(H,35,39)/t30-/m0/s1. The lowest BCUT2D eigenvalue weighted by Gasteiger charge is -2.34. The molecule has 1 aliphatic rings. The summed E-state index contributed by atoms with van der Waals surface area (Å²) in [7, 11) is -2.71. The van der Waals surface area contributed by atoms with Crippen molar-refractivity contribution in [2.75, 3.05) is 18.0 Å². The molecule has 0 unspecified atom stereocenters. The van der Waals surface area contributed by atoms with Crippen LogP contribution in [-0.2, 0) is 26.2 Å². The van der Waals surface area contributed by atoms with Crippen molar-refractivity contribution >= 4 is 27.5 Å². The van der Waals surface area contributed by atoms with Crippen molar-refractivity contribution in [1.82, 2.24) is 10.2 Å². The molecule has 3 aromatic carbocycles. The number of anilines is 1. The van der Waals surface area contributed by atoms with Gasteiger partial charge in [-0.2, -0.15) is 0 Å². The lowest BCUT2D eigenvalue weighted by atomic mass is 9.95. The fraction of sp³-hybridized carbons (Fsp3) is 0.412. The van der Waals surface area contributed by atoms with Gasteiger partial charge in [0.05, 0.1) is 17.7 Å². The molecule has 1 aliphatic carbocycles. The van der Waals surface area contributed by atoms with Gasteiger partial charge in [-0.1, -0.05) is 80.3 Å². The molecule has 0 heterocycles.